The smallest absolute Gasteiger partial charge is 0.123 e. The third-order valence-electron chi connectivity index (χ3n) is 3.57. The molecule has 1 nitrogen and oxygen atoms in total. The number of hydrogen-bond acceptors (Lipinski definition) is 1. The van der Waals surface area contributed by atoms with Gasteiger partial charge in [-0.25, -0.2) is 4.39 Å². The quantitative estimate of drug-likeness (QED) is 0.771. The zero-order chi connectivity index (χ0) is 14.4. The first-order valence-corrected chi connectivity index (χ1v) is 7.27. The Morgan fingerprint density at radius 3 is 2.50 bits per heavy atom. The molecule has 0 atom stereocenters. The van der Waals surface area contributed by atoms with E-state index in [9.17, 15) is 4.39 Å². The molecule has 0 saturated carbocycles. The van der Waals surface area contributed by atoms with Gasteiger partial charge in [-0.15, -0.1) is 0 Å². The lowest BCUT2D eigenvalue weighted by Crippen LogP contribution is -2.02. The number of nitrogens with one attached hydrogen (secondary N) is 1. The van der Waals surface area contributed by atoms with Crippen LogP contribution >= 0.6 is 0 Å². The van der Waals surface area contributed by atoms with Gasteiger partial charge in [-0.1, -0.05) is 31.5 Å². The highest BCUT2D eigenvalue weighted by molar-refractivity contribution is 5.45. The van der Waals surface area contributed by atoms with Crippen molar-refractivity contribution in [2.45, 2.75) is 39.7 Å². The molecule has 2 aromatic carbocycles. The standard InChI is InChI=1S/C18H22FN/c1-3-4-5-15-7-10-18(11-8-15)20-13-16-12-17(19)9-6-14(16)2/h6-12,20H,3-5,13H2,1-2H3. The minimum Gasteiger partial charge on any atom is -0.381 e. The lowest BCUT2D eigenvalue weighted by atomic mass is 10.1. The van der Waals surface area contributed by atoms with Gasteiger partial charge >= 0.3 is 0 Å². The molecule has 0 amide bonds. The zero-order valence-corrected chi connectivity index (χ0v) is 12.2. The van der Waals surface area contributed by atoms with Crippen LogP contribution in [0.15, 0.2) is 42.5 Å². The normalized spacial score (nSPS) is 10.6. The maximum absolute atomic E-state index is 13.2. The SMILES string of the molecule is CCCCc1ccc(NCc2cc(F)ccc2C)cc1. The Labute approximate surface area is 120 Å². The first-order valence-electron chi connectivity index (χ1n) is 7.27. The Kier molecular flexibility index (Phi) is 5.16. The molecule has 0 fully saturated rings. The lowest BCUT2D eigenvalue weighted by Gasteiger charge is -2.10. The Hall–Kier alpha value is -1.83. The molecule has 0 aromatic heterocycles. The fourth-order valence-electron chi connectivity index (χ4n) is 2.20. The van der Waals surface area contributed by atoms with Crippen LogP contribution in [0.4, 0.5) is 10.1 Å². The number of halogens is 1. The van der Waals surface area contributed by atoms with Crippen molar-refractivity contribution < 1.29 is 4.39 Å². The summed E-state index contributed by atoms with van der Waals surface area (Å²) in [7, 11) is 0. The second kappa shape index (κ2) is 7.09. The number of aryl methyl sites for hydroxylation is 2. The fraction of sp³-hybridized carbons (Fsp3) is 0.333. The molecule has 2 aromatic rings. The highest BCUT2D eigenvalue weighted by atomic mass is 19.1. The van der Waals surface area contributed by atoms with Crippen LogP contribution in [0.1, 0.15) is 36.5 Å². The molecule has 0 aliphatic carbocycles. The number of benzene rings is 2. The fourth-order valence-corrected chi connectivity index (χ4v) is 2.20. The maximum Gasteiger partial charge on any atom is 0.123 e. The van der Waals surface area contributed by atoms with E-state index in [-0.39, 0.29) is 5.82 Å². The highest BCUT2D eigenvalue weighted by Crippen LogP contribution is 2.15. The Morgan fingerprint density at radius 2 is 1.80 bits per heavy atom. The molecular weight excluding hydrogens is 249 g/mol. The van der Waals surface area contributed by atoms with Gasteiger partial charge in [0.15, 0.2) is 0 Å². The van der Waals surface area contributed by atoms with Crippen molar-refractivity contribution in [3.05, 3.63) is 65.0 Å². The monoisotopic (exact) mass is 271 g/mol. The molecule has 0 bridgehead atoms. The highest BCUT2D eigenvalue weighted by Gasteiger charge is 2.01. The van der Waals surface area contributed by atoms with Crippen LogP contribution in [0.3, 0.4) is 0 Å². The van der Waals surface area contributed by atoms with Gasteiger partial charge < -0.3 is 5.32 Å². The first kappa shape index (κ1) is 14.6. The second-order valence-electron chi connectivity index (χ2n) is 5.22. The molecule has 0 aliphatic rings. The third-order valence-corrected chi connectivity index (χ3v) is 3.57. The van der Waals surface area contributed by atoms with Crippen LogP contribution in [0.2, 0.25) is 0 Å². The van der Waals surface area contributed by atoms with E-state index in [0.717, 1.165) is 23.2 Å². The van der Waals surface area contributed by atoms with Crippen molar-refractivity contribution in [3.8, 4) is 0 Å². The van der Waals surface area contributed by atoms with Gasteiger partial charge in [0, 0.05) is 12.2 Å². The van der Waals surface area contributed by atoms with Crippen LogP contribution < -0.4 is 5.32 Å². The van der Waals surface area contributed by atoms with Gasteiger partial charge in [0.2, 0.25) is 0 Å². The average Bonchev–Trinajstić information content (AvgIpc) is 2.47. The Morgan fingerprint density at radius 1 is 1.05 bits per heavy atom. The van der Waals surface area contributed by atoms with Crippen molar-refractivity contribution in [2.75, 3.05) is 5.32 Å². The van der Waals surface area contributed by atoms with Crippen LogP contribution in [0.5, 0.6) is 0 Å². The molecule has 0 spiro atoms. The van der Waals surface area contributed by atoms with E-state index in [1.165, 1.54) is 24.5 Å². The van der Waals surface area contributed by atoms with E-state index in [1.807, 2.05) is 13.0 Å². The van der Waals surface area contributed by atoms with E-state index < -0.39 is 0 Å². The van der Waals surface area contributed by atoms with Crippen molar-refractivity contribution in [1.29, 1.82) is 0 Å². The summed E-state index contributed by atoms with van der Waals surface area (Å²) in [5.41, 5.74) is 4.56. The van der Waals surface area contributed by atoms with Gasteiger partial charge in [0.1, 0.15) is 5.82 Å². The van der Waals surface area contributed by atoms with Gasteiger partial charge in [-0.2, -0.15) is 0 Å². The van der Waals surface area contributed by atoms with Gasteiger partial charge in [0.05, 0.1) is 0 Å². The minimum absolute atomic E-state index is 0.178. The van der Waals surface area contributed by atoms with Crippen molar-refractivity contribution >= 4 is 5.69 Å². The molecule has 0 radical (unpaired) electrons. The lowest BCUT2D eigenvalue weighted by molar-refractivity contribution is 0.625. The maximum atomic E-state index is 13.2. The zero-order valence-electron chi connectivity index (χ0n) is 12.2. The number of unbranched alkanes of at least 4 members (excludes halogenated alkanes) is 1. The van der Waals surface area contributed by atoms with E-state index in [2.05, 4.69) is 36.5 Å². The van der Waals surface area contributed by atoms with Crippen LogP contribution in [0.25, 0.3) is 0 Å². The first-order chi connectivity index (χ1) is 9.69. The molecule has 2 rings (SSSR count). The second-order valence-corrected chi connectivity index (χ2v) is 5.22. The molecule has 0 heterocycles. The summed E-state index contributed by atoms with van der Waals surface area (Å²) in [6, 6.07) is 13.4. The van der Waals surface area contributed by atoms with E-state index in [0.29, 0.717) is 6.54 Å². The molecule has 0 saturated heterocycles. The topological polar surface area (TPSA) is 12.0 Å². The Balaban J connectivity index is 1.95. The average molecular weight is 271 g/mol. The van der Waals surface area contributed by atoms with E-state index in [1.54, 1.807) is 6.07 Å². The number of rotatable bonds is 6. The van der Waals surface area contributed by atoms with E-state index in [4.69, 9.17) is 0 Å². The van der Waals surface area contributed by atoms with E-state index >= 15 is 0 Å². The summed E-state index contributed by atoms with van der Waals surface area (Å²) >= 11 is 0. The summed E-state index contributed by atoms with van der Waals surface area (Å²) in [6.07, 6.45) is 3.59. The number of anilines is 1. The molecule has 0 aliphatic heterocycles. The summed E-state index contributed by atoms with van der Waals surface area (Å²) in [6.45, 7) is 4.86. The van der Waals surface area contributed by atoms with Crippen molar-refractivity contribution in [1.82, 2.24) is 0 Å². The largest absolute Gasteiger partial charge is 0.381 e. The van der Waals surface area contributed by atoms with Crippen molar-refractivity contribution in [3.63, 3.8) is 0 Å². The molecule has 20 heavy (non-hydrogen) atoms. The van der Waals surface area contributed by atoms with Crippen LogP contribution in [-0.2, 0) is 13.0 Å². The molecule has 106 valence electrons. The van der Waals surface area contributed by atoms with Crippen molar-refractivity contribution in [2.24, 2.45) is 0 Å². The van der Waals surface area contributed by atoms with Gasteiger partial charge in [-0.05, 0) is 60.7 Å². The number of hydrogen-bond donors (Lipinski definition) is 1. The Bertz CT molecular complexity index is 546. The van der Waals surface area contributed by atoms with Gasteiger partial charge in [0.25, 0.3) is 0 Å². The summed E-state index contributed by atoms with van der Waals surface area (Å²) in [5.74, 6) is -0.178. The van der Waals surface area contributed by atoms with Gasteiger partial charge in [-0.3, -0.25) is 0 Å². The summed E-state index contributed by atoms with van der Waals surface area (Å²) in [5, 5.41) is 3.35. The molecular formula is C18H22FN. The third kappa shape index (κ3) is 4.09. The molecule has 2 heteroatoms. The predicted octanol–water partition coefficient (Wildman–Crippen LogP) is 5.09. The molecule has 1 N–H and O–H groups in total. The molecule has 0 unspecified atom stereocenters. The predicted molar refractivity (Wildman–Crippen MR) is 83.5 cm³/mol. The summed E-state index contributed by atoms with van der Waals surface area (Å²) in [4.78, 5) is 0. The summed E-state index contributed by atoms with van der Waals surface area (Å²) < 4.78 is 13.2. The van der Waals surface area contributed by atoms with Crippen LogP contribution in [0, 0.1) is 12.7 Å². The minimum atomic E-state index is -0.178. The van der Waals surface area contributed by atoms with Crippen LogP contribution in [-0.4, -0.2) is 0 Å².